The highest BCUT2D eigenvalue weighted by molar-refractivity contribution is 5.34. The minimum atomic E-state index is 0.0170. The Kier molecular flexibility index (Phi) is 3.74. The standard InChI is InChI=1S/C18H26N2O/c19-18(17-11-20-10-4-7-14(20)12-21-17)16-9-2-1-8-15(16)13-5-3-6-13/h1-2,8-9,13-14,17-18H,3-7,10-12,19H2. The molecule has 2 saturated heterocycles. The summed E-state index contributed by atoms with van der Waals surface area (Å²) in [4.78, 5) is 2.58. The lowest BCUT2D eigenvalue weighted by Gasteiger charge is -2.39. The van der Waals surface area contributed by atoms with Crippen LogP contribution in [0.1, 0.15) is 55.2 Å². The summed E-state index contributed by atoms with van der Waals surface area (Å²) in [6.45, 7) is 3.09. The van der Waals surface area contributed by atoms with Gasteiger partial charge in [0.15, 0.2) is 0 Å². The zero-order chi connectivity index (χ0) is 14.2. The number of fused-ring (bicyclic) bond motifs is 1. The van der Waals surface area contributed by atoms with E-state index >= 15 is 0 Å². The second-order valence-corrected chi connectivity index (χ2v) is 6.95. The lowest BCUT2D eigenvalue weighted by atomic mass is 9.76. The molecule has 0 radical (unpaired) electrons. The molecule has 114 valence electrons. The predicted molar refractivity (Wildman–Crippen MR) is 84.3 cm³/mol. The van der Waals surface area contributed by atoms with Gasteiger partial charge >= 0.3 is 0 Å². The van der Waals surface area contributed by atoms with Crippen molar-refractivity contribution in [2.24, 2.45) is 5.73 Å². The fourth-order valence-corrected chi connectivity index (χ4v) is 4.17. The summed E-state index contributed by atoms with van der Waals surface area (Å²) < 4.78 is 6.13. The van der Waals surface area contributed by atoms with Crippen molar-refractivity contribution in [3.05, 3.63) is 35.4 Å². The minimum absolute atomic E-state index is 0.0170. The molecule has 1 aliphatic carbocycles. The van der Waals surface area contributed by atoms with Crippen LogP contribution < -0.4 is 5.73 Å². The van der Waals surface area contributed by atoms with E-state index in [0.29, 0.717) is 6.04 Å². The maximum Gasteiger partial charge on any atom is 0.0895 e. The number of nitrogens with two attached hydrogens (primary N) is 1. The van der Waals surface area contributed by atoms with E-state index in [0.717, 1.165) is 19.1 Å². The number of benzene rings is 1. The highest BCUT2D eigenvalue weighted by Gasteiger charge is 2.36. The Labute approximate surface area is 127 Å². The van der Waals surface area contributed by atoms with Crippen molar-refractivity contribution >= 4 is 0 Å². The summed E-state index contributed by atoms with van der Waals surface area (Å²) in [5, 5.41) is 0. The maximum absolute atomic E-state index is 6.62. The summed E-state index contributed by atoms with van der Waals surface area (Å²) in [6, 6.07) is 9.44. The van der Waals surface area contributed by atoms with Crippen LogP contribution in [0.4, 0.5) is 0 Å². The van der Waals surface area contributed by atoms with Crippen molar-refractivity contribution in [3.63, 3.8) is 0 Å². The molecule has 1 aromatic rings. The second kappa shape index (κ2) is 5.71. The molecule has 2 aliphatic heterocycles. The van der Waals surface area contributed by atoms with E-state index in [1.165, 1.54) is 49.8 Å². The fraction of sp³-hybridized carbons (Fsp3) is 0.667. The Morgan fingerprint density at radius 2 is 2.00 bits per heavy atom. The lowest BCUT2D eigenvalue weighted by molar-refractivity contribution is -0.0598. The van der Waals surface area contributed by atoms with Gasteiger partial charge in [0, 0.05) is 12.6 Å². The molecule has 3 unspecified atom stereocenters. The van der Waals surface area contributed by atoms with Gasteiger partial charge in [0.25, 0.3) is 0 Å². The van der Waals surface area contributed by atoms with E-state index < -0.39 is 0 Å². The molecule has 3 fully saturated rings. The van der Waals surface area contributed by atoms with Gasteiger partial charge in [0.05, 0.1) is 18.8 Å². The second-order valence-electron chi connectivity index (χ2n) is 6.95. The van der Waals surface area contributed by atoms with Gasteiger partial charge in [-0.15, -0.1) is 0 Å². The molecule has 2 heterocycles. The average molecular weight is 286 g/mol. The molecule has 1 saturated carbocycles. The first kappa shape index (κ1) is 13.7. The molecule has 3 atom stereocenters. The molecule has 3 aliphatic rings. The lowest BCUT2D eigenvalue weighted by Crippen LogP contribution is -2.49. The summed E-state index contributed by atoms with van der Waals surface area (Å²) >= 11 is 0. The van der Waals surface area contributed by atoms with Gasteiger partial charge in [-0.2, -0.15) is 0 Å². The minimum Gasteiger partial charge on any atom is -0.373 e. The fourth-order valence-electron chi connectivity index (χ4n) is 4.17. The summed E-state index contributed by atoms with van der Waals surface area (Å²) in [6.07, 6.45) is 6.77. The largest absolute Gasteiger partial charge is 0.373 e. The topological polar surface area (TPSA) is 38.5 Å². The summed E-state index contributed by atoms with van der Waals surface area (Å²) in [5.41, 5.74) is 9.42. The molecule has 3 nitrogen and oxygen atoms in total. The van der Waals surface area contributed by atoms with Gasteiger partial charge < -0.3 is 10.5 Å². The van der Waals surface area contributed by atoms with E-state index in [1.54, 1.807) is 0 Å². The zero-order valence-electron chi connectivity index (χ0n) is 12.7. The Morgan fingerprint density at radius 1 is 1.14 bits per heavy atom. The number of hydrogen-bond acceptors (Lipinski definition) is 3. The van der Waals surface area contributed by atoms with Crippen molar-refractivity contribution in [2.45, 2.75) is 56.2 Å². The van der Waals surface area contributed by atoms with Crippen molar-refractivity contribution in [1.82, 2.24) is 4.90 Å². The Balaban J connectivity index is 1.53. The molecule has 3 heteroatoms. The highest BCUT2D eigenvalue weighted by atomic mass is 16.5. The van der Waals surface area contributed by atoms with Gasteiger partial charge in [0.2, 0.25) is 0 Å². The van der Waals surface area contributed by atoms with Crippen LogP contribution in [0.3, 0.4) is 0 Å². The Morgan fingerprint density at radius 3 is 2.81 bits per heavy atom. The van der Waals surface area contributed by atoms with Gasteiger partial charge in [-0.05, 0) is 49.3 Å². The highest BCUT2D eigenvalue weighted by Crippen LogP contribution is 2.40. The number of rotatable bonds is 3. The molecule has 0 amide bonds. The zero-order valence-corrected chi connectivity index (χ0v) is 12.7. The van der Waals surface area contributed by atoms with E-state index in [4.69, 9.17) is 10.5 Å². The quantitative estimate of drug-likeness (QED) is 0.928. The van der Waals surface area contributed by atoms with Crippen LogP contribution in [-0.4, -0.2) is 36.7 Å². The van der Waals surface area contributed by atoms with Gasteiger partial charge in [-0.3, -0.25) is 4.90 Å². The predicted octanol–water partition coefficient (Wildman–Crippen LogP) is 2.82. The van der Waals surface area contributed by atoms with E-state index in [9.17, 15) is 0 Å². The first-order chi connectivity index (χ1) is 10.3. The van der Waals surface area contributed by atoms with Gasteiger partial charge in [-0.1, -0.05) is 30.7 Å². The number of ether oxygens (including phenoxy) is 1. The van der Waals surface area contributed by atoms with Gasteiger partial charge in [0.1, 0.15) is 0 Å². The van der Waals surface area contributed by atoms with E-state index in [1.807, 2.05) is 0 Å². The summed E-state index contributed by atoms with van der Waals surface area (Å²) in [7, 11) is 0. The van der Waals surface area contributed by atoms with E-state index in [2.05, 4.69) is 29.2 Å². The number of nitrogens with zero attached hydrogens (tertiary/aromatic N) is 1. The Bertz CT molecular complexity index is 500. The normalized spacial score (nSPS) is 31.7. The molecular formula is C18H26N2O. The smallest absolute Gasteiger partial charge is 0.0895 e. The summed E-state index contributed by atoms with van der Waals surface area (Å²) in [5.74, 6) is 0.732. The first-order valence-corrected chi connectivity index (χ1v) is 8.53. The van der Waals surface area contributed by atoms with Crippen molar-refractivity contribution in [3.8, 4) is 0 Å². The molecular weight excluding hydrogens is 260 g/mol. The Hall–Kier alpha value is -0.900. The third kappa shape index (κ3) is 2.52. The molecule has 2 N–H and O–H groups in total. The maximum atomic E-state index is 6.62. The molecule has 0 bridgehead atoms. The van der Waals surface area contributed by atoms with Crippen LogP contribution in [0.5, 0.6) is 0 Å². The van der Waals surface area contributed by atoms with Crippen LogP contribution in [0.15, 0.2) is 24.3 Å². The SMILES string of the molecule is NC(c1ccccc1C1CCC1)C1CN2CCCC2CO1. The molecule has 21 heavy (non-hydrogen) atoms. The van der Waals surface area contributed by atoms with Crippen molar-refractivity contribution < 1.29 is 4.74 Å². The van der Waals surface area contributed by atoms with Crippen LogP contribution in [-0.2, 0) is 4.74 Å². The van der Waals surface area contributed by atoms with Crippen LogP contribution in [0, 0.1) is 0 Å². The molecule has 1 aromatic carbocycles. The third-order valence-electron chi connectivity index (χ3n) is 5.72. The van der Waals surface area contributed by atoms with Crippen LogP contribution in [0.2, 0.25) is 0 Å². The van der Waals surface area contributed by atoms with E-state index in [-0.39, 0.29) is 12.1 Å². The van der Waals surface area contributed by atoms with Crippen LogP contribution >= 0.6 is 0 Å². The van der Waals surface area contributed by atoms with Gasteiger partial charge in [-0.25, -0.2) is 0 Å². The van der Waals surface area contributed by atoms with Crippen molar-refractivity contribution in [1.29, 1.82) is 0 Å². The van der Waals surface area contributed by atoms with Crippen molar-refractivity contribution in [2.75, 3.05) is 19.7 Å². The van der Waals surface area contributed by atoms with Crippen LogP contribution in [0.25, 0.3) is 0 Å². The number of hydrogen-bond donors (Lipinski definition) is 1. The third-order valence-corrected chi connectivity index (χ3v) is 5.72. The monoisotopic (exact) mass is 286 g/mol. The molecule has 0 spiro atoms. The average Bonchev–Trinajstić information content (AvgIpc) is 2.92. The first-order valence-electron chi connectivity index (χ1n) is 8.53. The molecule has 0 aromatic heterocycles. The number of morpholine rings is 1. The molecule has 4 rings (SSSR count).